The first-order valence-electron chi connectivity index (χ1n) is 14.0. The molecule has 0 aliphatic heterocycles. The lowest BCUT2D eigenvalue weighted by Gasteiger charge is -2.33. The van der Waals surface area contributed by atoms with Gasteiger partial charge in [-0.2, -0.15) is 0 Å². The molecule has 6 aromatic rings. The third-order valence-corrected chi connectivity index (χ3v) is 11.7. The predicted octanol–water partition coefficient (Wildman–Crippen LogP) is 8.99. The second-order valence-electron chi connectivity index (χ2n) is 14.2. The van der Waals surface area contributed by atoms with Gasteiger partial charge in [-0.05, 0) is 52.2 Å². The van der Waals surface area contributed by atoms with Gasteiger partial charge in [0.1, 0.15) is 0 Å². The topological polar surface area (TPSA) is 38.5 Å². The highest BCUT2D eigenvalue weighted by Crippen LogP contribution is 2.55. The number of rotatable bonds is 0. The highest BCUT2D eigenvalue weighted by atomic mass is 16.1. The summed E-state index contributed by atoms with van der Waals surface area (Å²) in [6.07, 6.45) is 0. The quantitative estimate of drug-likeness (QED) is 0.204. The van der Waals surface area contributed by atoms with Crippen molar-refractivity contribution in [3.63, 3.8) is 0 Å². The Morgan fingerprint density at radius 1 is 0.538 bits per heavy atom. The minimum atomic E-state index is -0.482. The van der Waals surface area contributed by atoms with Crippen LogP contribution in [0.25, 0.3) is 48.9 Å². The van der Waals surface area contributed by atoms with Crippen LogP contribution < -0.4 is 0 Å². The van der Waals surface area contributed by atoms with Crippen LogP contribution in [0.3, 0.4) is 0 Å². The number of Topliss-reactive ketones (excluding diaryl/α,β-unsaturated/α-hetero) is 2. The summed E-state index contributed by atoms with van der Waals surface area (Å²) in [6, 6.07) is 19.8. The van der Waals surface area contributed by atoms with Crippen LogP contribution in [0.5, 0.6) is 0 Å². The Bertz CT molecular complexity index is 2150. The van der Waals surface area contributed by atoms with Gasteiger partial charge in [-0.15, -0.1) is 0 Å². The van der Waals surface area contributed by atoms with E-state index in [9.17, 15) is 9.59 Å². The van der Waals surface area contributed by atoms with E-state index in [0.717, 1.165) is 33.3 Å². The summed E-state index contributed by atoms with van der Waals surface area (Å²) in [5.41, 5.74) is 5.69. The van der Waals surface area contributed by atoms with E-state index in [1.54, 1.807) is 0 Å². The molecule has 0 unspecified atom stereocenters. The Morgan fingerprint density at radius 2 is 1.05 bits per heavy atom. The third-order valence-electron chi connectivity index (χ3n) is 11.7. The van der Waals surface area contributed by atoms with Crippen molar-refractivity contribution in [2.45, 2.75) is 66.2 Å². The van der Waals surface area contributed by atoms with E-state index in [-0.39, 0.29) is 22.4 Å². The van der Waals surface area contributed by atoms with E-state index in [2.05, 4.69) is 114 Å². The zero-order chi connectivity index (χ0) is 27.6. The molecule has 0 bridgehead atoms. The molecular formula is C36H33NO2. The molecule has 194 valence electrons. The highest BCUT2D eigenvalue weighted by Gasteiger charge is 2.53. The van der Waals surface area contributed by atoms with E-state index < -0.39 is 10.8 Å². The smallest absolute Gasteiger partial charge is 0.169 e. The molecule has 8 rings (SSSR count). The zero-order valence-corrected chi connectivity index (χ0v) is 24.0. The zero-order valence-electron chi connectivity index (χ0n) is 24.0. The van der Waals surface area contributed by atoms with Crippen LogP contribution in [0.4, 0.5) is 0 Å². The summed E-state index contributed by atoms with van der Waals surface area (Å²) in [5.74, 6) is 0.414. The fourth-order valence-electron chi connectivity index (χ4n) is 7.70. The molecule has 2 aliphatic rings. The third kappa shape index (κ3) is 2.28. The van der Waals surface area contributed by atoms with Gasteiger partial charge in [0.2, 0.25) is 0 Å². The summed E-state index contributed by atoms with van der Waals surface area (Å²) in [6.45, 7) is 17.1. The number of carbonyl (C=O) groups is 2. The highest BCUT2D eigenvalue weighted by molar-refractivity contribution is 6.32. The van der Waals surface area contributed by atoms with Crippen molar-refractivity contribution >= 4 is 60.4 Å². The van der Waals surface area contributed by atoms with Gasteiger partial charge in [0.05, 0.1) is 16.6 Å². The van der Waals surface area contributed by atoms with Gasteiger partial charge in [0, 0.05) is 54.3 Å². The molecule has 2 aromatic heterocycles. The Hall–Kier alpha value is -3.72. The predicted molar refractivity (Wildman–Crippen MR) is 161 cm³/mol. The van der Waals surface area contributed by atoms with Crippen LogP contribution >= 0.6 is 0 Å². The van der Waals surface area contributed by atoms with E-state index >= 15 is 0 Å². The fraction of sp³-hybridized carbons (Fsp3) is 0.333. The Morgan fingerprint density at radius 3 is 1.64 bits per heavy atom. The molecule has 2 aliphatic carbocycles. The van der Waals surface area contributed by atoms with Crippen molar-refractivity contribution in [3.8, 4) is 0 Å². The lowest BCUT2D eigenvalue weighted by Crippen LogP contribution is -2.35. The first-order chi connectivity index (χ1) is 18.2. The number of ketones is 2. The Kier molecular flexibility index (Phi) is 3.78. The maximum absolute atomic E-state index is 13.7. The number of hydrogen-bond acceptors (Lipinski definition) is 2. The maximum atomic E-state index is 13.7. The van der Waals surface area contributed by atoms with Crippen molar-refractivity contribution in [2.75, 3.05) is 0 Å². The number of carbonyl (C=O) groups excluding carboxylic acids is 2. The van der Waals surface area contributed by atoms with Crippen LogP contribution in [0.1, 0.15) is 87.2 Å². The second kappa shape index (κ2) is 6.36. The van der Waals surface area contributed by atoms with Gasteiger partial charge in [0.15, 0.2) is 11.6 Å². The van der Waals surface area contributed by atoms with E-state index in [1.807, 2.05) is 0 Å². The lowest BCUT2D eigenvalue weighted by molar-refractivity contribution is 0.0772. The van der Waals surface area contributed by atoms with Crippen molar-refractivity contribution in [1.82, 2.24) is 4.40 Å². The van der Waals surface area contributed by atoms with Crippen molar-refractivity contribution in [3.05, 3.63) is 76.9 Å². The lowest BCUT2D eigenvalue weighted by atomic mass is 9.68. The number of fused-ring (bicyclic) bond motifs is 10. The average Bonchev–Trinajstić information content (AvgIpc) is 3.47. The van der Waals surface area contributed by atoms with Gasteiger partial charge >= 0.3 is 0 Å². The van der Waals surface area contributed by atoms with Gasteiger partial charge in [-0.1, -0.05) is 79.7 Å². The molecule has 0 spiro atoms. The Labute approximate surface area is 228 Å². The van der Waals surface area contributed by atoms with Crippen LogP contribution in [-0.2, 0) is 10.8 Å². The number of hydrogen-bond donors (Lipinski definition) is 0. The maximum Gasteiger partial charge on any atom is 0.169 e. The van der Waals surface area contributed by atoms with Gasteiger partial charge < -0.3 is 4.40 Å². The molecule has 0 N–H and O–H groups in total. The number of aromatic nitrogens is 1. The molecule has 4 aromatic carbocycles. The number of nitrogens with zero attached hydrogens (tertiary/aromatic N) is 1. The second-order valence-corrected chi connectivity index (χ2v) is 14.2. The first kappa shape index (κ1) is 23.2. The van der Waals surface area contributed by atoms with Crippen LogP contribution in [0.2, 0.25) is 0 Å². The van der Waals surface area contributed by atoms with Gasteiger partial charge in [-0.25, -0.2) is 0 Å². The summed E-state index contributed by atoms with van der Waals surface area (Å²) >= 11 is 0. The Balaban J connectivity index is 1.63. The van der Waals surface area contributed by atoms with Gasteiger partial charge in [-0.3, -0.25) is 9.59 Å². The first-order valence-corrected chi connectivity index (χ1v) is 14.0. The number of benzene rings is 4. The molecule has 3 nitrogen and oxygen atoms in total. The standard InChI is InChI=1S/C36H33NO2/c1-33(2)25-14-20-21-13-18-11-9-10-12-19(18)29-24-15-26-23(32(39)36(7,8)34(26,3)4)17-28(24)37(30(21)29)27(20)16-22(25)31(38)35(33,5)6/h9-17H,1-8H3. The summed E-state index contributed by atoms with van der Waals surface area (Å²) in [7, 11) is 0. The molecule has 3 heteroatoms. The minimum Gasteiger partial charge on any atom is -0.308 e. The molecular weight excluding hydrogens is 478 g/mol. The molecule has 2 heterocycles. The van der Waals surface area contributed by atoms with Crippen LogP contribution in [0, 0.1) is 10.8 Å². The minimum absolute atomic E-state index is 0.207. The largest absolute Gasteiger partial charge is 0.308 e. The van der Waals surface area contributed by atoms with Crippen molar-refractivity contribution in [1.29, 1.82) is 0 Å². The van der Waals surface area contributed by atoms with Crippen LogP contribution in [-0.4, -0.2) is 16.0 Å². The molecule has 39 heavy (non-hydrogen) atoms. The molecule has 0 amide bonds. The molecule has 0 saturated heterocycles. The van der Waals surface area contributed by atoms with Crippen molar-refractivity contribution in [2.24, 2.45) is 10.8 Å². The average molecular weight is 512 g/mol. The molecule has 0 atom stereocenters. The van der Waals surface area contributed by atoms with E-state index in [4.69, 9.17) is 0 Å². The molecule has 0 fully saturated rings. The van der Waals surface area contributed by atoms with Crippen molar-refractivity contribution < 1.29 is 9.59 Å². The summed E-state index contributed by atoms with van der Waals surface area (Å²) < 4.78 is 2.33. The normalized spacial score (nSPS) is 20.7. The van der Waals surface area contributed by atoms with E-state index in [0.29, 0.717) is 0 Å². The van der Waals surface area contributed by atoms with E-state index in [1.165, 1.54) is 37.8 Å². The monoisotopic (exact) mass is 511 g/mol. The summed E-state index contributed by atoms with van der Waals surface area (Å²) in [5, 5.41) is 7.22. The SMILES string of the molecule is CC1(C)C(=O)c2cc3c(cc2C1(C)C)c1cc2ccccc2c2c4cc5c(cc4n3c12)C(=O)C(C)(C)C5(C)C. The summed E-state index contributed by atoms with van der Waals surface area (Å²) in [4.78, 5) is 27.5. The van der Waals surface area contributed by atoms with Gasteiger partial charge in [0.25, 0.3) is 0 Å². The molecule has 0 radical (unpaired) electrons. The fourth-order valence-corrected chi connectivity index (χ4v) is 7.70. The molecule has 0 saturated carbocycles. The van der Waals surface area contributed by atoms with Crippen LogP contribution in [0.15, 0.2) is 54.6 Å².